The Balaban J connectivity index is 1.74. The Bertz CT molecular complexity index is 472. The Kier molecular flexibility index (Phi) is 4.35. The second-order valence-electron chi connectivity index (χ2n) is 4.44. The molecule has 1 aromatic carbocycles. The van der Waals surface area contributed by atoms with E-state index in [1.165, 1.54) is 0 Å². The molecule has 4 N–H and O–H groups in total. The lowest BCUT2D eigenvalue weighted by molar-refractivity contribution is -0.122. The first-order valence-electron chi connectivity index (χ1n) is 6.19. The summed E-state index contributed by atoms with van der Waals surface area (Å²) in [5.74, 6) is 0.0806. The van der Waals surface area contributed by atoms with Gasteiger partial charge >= 0.3 is 6.03 Å². The van der Waals surface area contributed by atoms with E-state index in [0.29, 0.717) is 12.3 Å². The molecule has 19 heavy (non-hydrogen) atoms. The number of hydrogen-bond acceptors (Lipinski definition) is 4. The van der Waals surface area contributed by atoms with Crippen molar-refractivity contribution in [3.05, 3.63) is 29.8 Å². The van der Waals surface area contributed by atoms with E-state index in [9.17, 15) is 9.59 Å². The van der Waals surface area contributed by atoms with E-state index in [2.05, 4.69) is 10.6 Å². The van der Waals surface area contributed by atoms with Crippen molar-refractivity contribution in [1.29, 1.82) is 0 Å². The summed E-state index contributed by atoms with van der Waals surface area (Å²) in [5, 5.41) is 4.87. The van der Waals surface area contributed by atoms with Gasteiger partial charge in [0.25, 0.3) is 5.91 Å². The first-order chi connectivity index (χ1) is 9.17. The van der Waals surface area contributed by atoms with Gasteiger partial charge in [0.1, 0.15) is 5.75 Å². The molecular formula is C13H17N3O3. The zero-order valence-corrected chi connectivity index (χ0v) is 10.5. The minimum atomic E-state index is -0.476. The maximum absolute atomic E-state index is 11.5. The quantitative estimate of drug-likeness (QED) is 0.721. The fourth-order valence-electron chi connectivity index (χ4n) is 1.52. The molecule has 0 spiro atoms. The van der Waals surface area contributed by atoms with Crippen LogP contribution < -0.4 is 21.1 Å². The summed E-state index contributed by atoms with van der Waals surface area (Å²) in [6, 6.07) is 6.92. The van der Waals surface area contributed by atoms with Crippen LogP contribution >= 0.6 is 0 Å². The van der Waals surface area contributed by atoms with E-state index < -0.39 is 11.9 Å². The summed E-state index contributed by atoms with van der Waals surface area (Å²) in [6.45, 7) is 0.208. The fourth-order valence-corrected chi connectivity index (χ4v) is 1.52. The number of nitrogens with one attached hydrogen (secondary N) is 2. The third-order valence-electron chi connectivity index (χ3n) is 2.67. The first kappa shape index (κ1) is 13.4. The highest BCUT2D eigenvalue weighted by molar-refractivity contribution is 5.95. The molecule has 1 aliphatic carbocycles. The fraction of sp³-hybridized carbons (Fsp3) is 0.385. The van der Waals surface area contributed by atoms with Gasteiger partial charge in [-0.1, -0.05) is 12.1 Å². The van der Waals surface area contributed by atoms with Crippen molar-refractivity contribution in [2.45, 2.75) is 25.4 Å². The maximum atomic E-state index is 11.5. The lowest BCUT2D eigenvalue weighted by Gasteiger charge is -2.08. The molecule has 0 heterocycles. The smallest absolute Gasteiger partial charge is 0.321 e. The van der Waals surface area contributed by atoms with Crippen LogP contribution in [-0.4, -0.2) is 24.6 Å². The molecule has 0 radical (unpaired) electrons. The highest BCUT2D eigenvalue weighted by atomic mass is 16.5. The van der Waals surface area contributed by atoms with Crippen molar-refractivity contribution >= 4 is 11.9 Å². The third-order valence-corrected chi connectivity index (χ3v) is 2.67. The van der Waals surface area contributed by atoms with Crippen LogP contribution in [0.4, 0.5) is 4.79 Å². The molecule has 0 aromatic heterocycles. The Morgan fingerprint density at radius 1 is 1.37 bits per heavy atom. The van der Waals surface area contributed by atoms with Gasteiger partial charge in [-0.25, -0.2) is 4.79 Å². The third kappa shape index (κ3) is 4.59. The van der Waals surface area contributed by atoms with Gasteiger partial charge in [0.05, 0.1) is 0 Å². The summed E-state index contributed by atoms with van der Waals surface area (Å²) < 4.78 is 5.28. The highest BCUT2D eigenvalue weighted by Crippen LogP contribution is 2.18. The normalized spacial score (nSPS) is 13.7. The summed E-state index contributed by atoms with van der Waals surface area (Å²) in [5.41, 5.74) is 6.43. The Morgan fingerprint density at radius 2 is 2.16 bits per heavy atom. The van der Waals surface area contributed by atoms with Crippen LogP contribution in [0.3, 0.4) is 0 Å². The largest absolute Gasteiger partial charge is 0.484 e. The van der Waals surface area contributed by atoms with E-state index in [1.54, 1.807) is 18.2 Å². The minimum absolute atomic E-state index is 0.202. The van der Waals surface area contributed by atoms with Gasteiger partial charge in [-0.2, -0.15) is 0 Å². The van der Waals surface area contributed by atoms with Gasteiger partial charge < -0.3 is 15.8 Å². The molecule has 6 nitrogen and oxygen atoms in total. The molecule has 1 fully saturated rings. The molecule has 3 amide bonds. The van der Waals surface area contributed by atoms with Gasteiger partial charge in [0, 0.05) is 12.6 Å². The summed E-state index contributed by atoms with van der Waals surface area (Å²) >= 11 is 0. The average Bonchev–Trinajstić information content (AvgIpc) is 3.20. The summed E-state index contributed by atoms with van der Waals surface area (Å²) in [7, 11) is 0. The van der Waals surface area contributed by atoms with Crippen LogP contribution in [0.1, 0.15) is 18.4 Å². The number of hydrogen-bond donors (Lipinski definition) is 3. The molecule has 1 aromatic rings. The number of carbonyl (C=O) groups excluding carboxylic acids is 2. The van der Waals surface area contributed by atoms with Gasteiger partial charge in [0.15, 0.2) is 6.61 Å². The second-order valence-corrected chi connectivity index (χ2v) is 4.44. The van der Waals surface area contributed by atoms with E-state index in [0.717, 1.165) is 18.4 Å². The summed E-state index contributed by atoms with van der Waals surface area (Å²) in [4.78, 5) is 22.8. The highest BCUT2D eigenvalue weighted by Gasteiger charge is 2.23. The molecule has 0 unspecified atom stereocenters. The van der Waals surface area contributed by atoms with Crippen LogP contribution in [0.25, 0.3) is 0 Å². The van der Waals surface area contributed by atoms with Gasteiger partial charge in [-0.05, 0) is 30.5 Å². The summed E-state index contributed by atoms with van der Waals surface area (Å²) in [6.07, 6.45) is 1.95. The number of benzene rings is 1. The van der Waals surface area contributed by atoms with E-state index in [4.69, 9.17) is 10.5 Å². The molecule has 0 bridgehead atoms. The molecule has 2 rings (SSSR count). The number of imide groups is 1. The van der Waals surface area contributed by atoms with Gasteiger partial charge in [-0.3, -0.25) is 10.1 Å². The lowest BCUT2D eigenvalue weighted by atomic mass is 10.2. The lowest BCUT2D eigenvalue weighted by Crippen LogP contribution is -2.42. The number of ether oxygens (including phenoxy) is 1. The molecule has 0 saturated heterocycles. The zero-order valence-electron chi connectivity index (χ0n) is 10.5. The number of carbonyl (C=O) groups is 2. The maximum Gasteiger partial charge on any atom is 0.321 e. The van der Waals surface area contributed by atoms with Gasteiger partial charge in [-0.15, -0.1) is 0 Å². The number of urea groups is 1. The SMILES string of the molecule is NCc1cccc(OCC(=O)NC(=O)NC2CC2)c1. The number of rotatable bonds is 5. The monoisotopic (exact) mass is 263 g/mol. The Labute approximate surface area is 111 Å². The topological polar surface area (TPSA) is 93.4 Å². The minimum Gasteiger partial charge on any atom is -0.484 e. The van der Waals surface area contributed by atoms with Crippen LogP contribution in [-0.2, 0) is 11.3 Å². The van der Waals surface area contributed by atoms with Crippen molar-refractivity contribution in [1.82, 2.24) is 10.6 Å². The molecule has 6 heteroatoms. The van der Waals surface area contributed by atoms with E-state index >= 15 is 0 Å². The molecule has 1 aliphatic rings. The van der Waals surface area contributed by atoms with Crippen LogP contribution in [0.15, 0.2) is 24.3 Å². The predicted molar refractivity (Wildman–Crippen MR) is 69.5 cm³/mol. The van der Waals surface area contributed by atoms with Crippen LogP contribution in [0, 0.1) is 0 Å². The predicted octanol–water partition coefficient (Wildman–Crippen LogP) is 0.512. The van der Waals surface area contributed by atoms with Crippen molar-refractivity contribution < 1.29 is 14.3 Å². The Morgan fingerprint density at radius 3 is 2.84 bits per heavy atom. The average molecular weight is 263 g/mol. The zero-order chi connectivity index (χ0) is 13.7. The number of amides is 3. The molecular weight excluding hydrogens is 246 g/mol. The molecule has 0 atom stereocenters. The Hall–Kier alpha value is -2.08. The first-order valence-corrected chi connectivity index (χ1v) is 6.19. The number of nitrogens with two attached hydrogens (primary N) is 1. The van der Waals surface area contributed by atoms with E-state index in [-0.39, 0.29) is 12.6 Å². The molecule has 102 valence electrons. The molecule has 0 aliphatic heterocycles. The van der Waals surface area contributed by atoms with Crippen molar-refractivity contribution in [3.63, 3.8) is 0 Å². The van der Waals surface area contributed by atoms with Gasteiger partial charge in [0.2, 0.25) is 0 Å². The molecule has 1 saturated carbocycles. The van der Waals surface area contributed by atoms with Crippen molar-refractivity contribution in [3.8, 4) is 5.75 Å². The van der Waals surface area contributed by atoms with E-state index in [1.807, 2.05) is 6.07 Å². The second kappa shape index (κ2) is 6.19. The van der Waals surface area contributed by atoms with Crippen molar-refractivity contribution in [2.24, 2.45) is 5.73 Å². The van der Waals surface area contributed by atoms with Crippen LogP contribution in [0.5, 0.6) is 5.75 Å². The standard InChI is InChI=1S/C13H17N3O3/c14-7-9-2-1-3-11(6-9)19-8-12(17)16-13(18)15-10-4-5-10/h1-3,6,10H,4-5,7-8,14H2,(H2,15,16,17,18). The van der Waals surface area contributed by atoms with Crippen LogP contribution in [0.2, 0.25) is 0 Å². The van der Waals surface area contributed by atoms with Crippen molar-refractivity contribution in [2.75, 3.05) is 6.61 Å².